The van der Waals surface area contributed by atoms with Crippen LogP contribution in [0.1, 0.15) is 17.4 Å². The first-order valence-electron chi connectivity index (χ1n) is 5.05. The van der Waals surface area contributed by atoms with Gasteiger partial charge in [-0.3, -0.25) is 0 Å². The van der Waals surface area contributed by atoms with Crippen molar-refractivity contribution < 1.29 is 9.50 Å². The molecule has 0 amide bonds. The van der Waals surface area contributed by atoms with Gasteiger partial charge in [0.25, 0.3) is 0 Å². The van der Waals surface area contributed by atoms with Crippen LogP contribution in [0.5, 0.6) is 0 Å². The topological polar surface area (TPSA) is 50.9 Å². The number of aromatic nitrogens is 3. The Morgan fingerprint density at radius 2 is 2.29 bits per heavy atom. The monoisotopic (exact) mass is 299 g/mol. The van der Waals surface area contributed by atoms with E-state index in [1.807, 2.05) is 0 Å². The van der Waals surface area contributed by atoms with Gasteiger partial charge in [0.15, 0.2) is 4.60 Å². The van der Waals surface area contributed by atoms with Crippen LogP contribution in [-0.2, 0) is 13.5 Å². The molecular formula is C11H11BrFN3O. The Balaban J connectivity index is 2.20. The lowest BCUT2D eigenvalue weighted by molar-refractivity contribution is 0.167. The van der Waals surface area contributed by atoms with Crippen LogP contribution in [0, 0.1) is 5.82 Å². The number of halogens is 2. The Kier molecular flexibility index (Phi) is 3.54. The molecule has 0 radical (unpaired) electrons. The quantitative estimate of drug-likeness (QED) is 0.943. The molecule has 1 N–H and O–H groups in total. The highest BCUT2D eigenvalue weighted by atomic mass is 79.9. The Bertz CT molecular complexity index is 510. The lowest BCUT2D eigenvalue weighted by Gasteiger charge is -2.10. The fourth-order valence-electron chi connectivity index (χ4n) is 1.68. The minimum atomic E-state index is -0.772. The zero-order valence-electron chi connectivity index (χ0n) is 9.14. The molecular weight excluding hydrogens is 289 g/mol. The van der Waals surface area contributed by atoms with Crippen LogP contribution in [0.15, 0.2) is 28.9 Å². The molecule has 1 aromatic carbocycles. The van der Waals surface area contributed by atoms with Crippen molar-refractivity contribution >= 4 is 15.9 Å². The van der Waals surface area contributed by atoms with E-state index in [2.05, 4.69) is 26.2 Å². The Morgan fingerprint density at radius 1 is 1.53 bits per heavy atom. The standard InChI is InChI=1S/C11H11BrFN3O/c1-16-10(11(12)14-15-16)9(17)6-7-3-2-4-8(13)5-7/h2-5,9,17H,6H2,1H3. The summed E-state index contributed by atoms with van der Waals surface area (Å²) in [6.07, 6.45) is -0.455. The summed E-state index contributed by atoms with van der Waals surface area (Å²) in [5, 5.41) is 17.6. The van der Waals surface area contributed by atoms with Gasteiger partial charge in [-0.2, -0.15) is 0 Å². The Morgan fingerprint density at radius 3 is 2.88 bits per heavy atom. The Hall–Kier alpha value is -1.27. The smallest absolute Gasteiger partial charge is 0.154 e. The molecule has 90 valence electrons. The van der Waals surface area contributed by atoms with E-state index < -0.39 is 6.10 Å². The van der Waals surface area contributed by atoms with Crippen molar-refractivity contribution in [2.75, 3.05) is 0 Å². The normalized spacial score (nSPS) is 12.7. The number of aryl methyl sites for hydroxylation is 1. The van der Waals surface area contributed by atoms with Crippen LogP contribution in [0.2, 0.25) is 0 Å². The van der Waals surface area contributed by atoms with E-state index in [1.54, 1.807) is 19.2 Å². The minimum absolute atomic E-state index is 0.308. The Labute approximate surface area is 106 Å². The van der Waals surface area contributed by atoms with Crippen molar-refractivity contribution in [3.8, 4) is 0 Å². The van der Waals surface area contributed by atoms with Crippen LogP contribution in [0.3, 0.4) is 0 Å². The summed E-state index contributed by atoms with van der Waals surface area (Å²) in [6.45, 7) is 0. The maximum Gasteiger partial charge on any atom is 0.154 e. The second-order valence-corrected chi connectivity index (χ2v) is 4.49. The molecule has 1 aromatic heterocycles. The predicted molar refractivity (Wildman–Crippen MR) is 63.8 cm³/mol. The minimum Gasteiger partial charge on any atom is -0.386 e. The number of hydrogen-bond acceptors (Lipinski definition) is 3. The predicted octanol–water partition coefficient (Wildman–Crippen LogP) is 1.99. The number of aliphatic hydroxyl groups excluding tert-OH is 1. The van der Waals surface area contributed by atoms with Gasteiger partial charge >= 0.3 is 0 Å². The third kappa shape index (κ3) is 2.70. The van der Waals surface area contributed by atoms with Crippen molar-refractivity contribution in [1.82, 2.24) is 15.0 Å². The zero-order chi connectivity index (χ0) is 12.4. The van der Waals surface area contributed by atoms with Crippen LogP contribution < -0.4 is 0 Å². The van der Waals surface area contributed by atoms with Crippen molar-refractivity contribution in [1.29, 1.82) is 0 Å². The van der Waals surface area contributed by atoms with Crippen LogP contribution in [-0.4, -0.2) is 20.1 Å². The van der Waals surface area contributed by atoms with E-state index in [9.17, 15) is 9.50 Å². The third-order valence-electron chi connectivity index (χ3n) is 2.46. The summed E-state index contributed by atoms with van der Waals surface area (Å²) in [6, 6.07) is 6.16. The highest BCUT2D eigenvalue weighted by Gasteiger charge is 2.18. The van der Waals surface area contributed by atoms with Crippen molar-refractivity contribution in [3.05, 3.63) is 45.9 Å². The molecule has 0 fully saturated rings. The zero-order valence-corrected chi connectivity index (χ0v) is 10.7. The molecule has 0 aliphatic heterocycles. The van der Waals surface area contributed by atoms with Gasteiger partial charge in [0.1, 0.15) is 17.6 Å². The average Bonchev–Trinajstić information content (AvgIpc) is 2.58. The van der Waals surface area contributed by atoms with E-state index in [1.165, 1.54) is 16.8 Å². The first kappa shape index (κ1) is 12.2. The lowest BCUT2D eigenvalue weighted by atomic mass is 10.1. The average molecular weight is 300 g/mol. The number of rotatable bonds is 3. The molecule has 1 atom stereocenters. The molecule has 2 rings (SSSR count). The fraction of sp³-hybridized carbons (Fsp3) is 0.273. The SMILES string of the molecule is Cn1nnc(Br)c1C(O)Cc1cccc(F)c1. The number of benzene rings is 1. The first-order chi connectivity index (χ1) is 8.08. The summed E-state index contributed by atoms with van der Waals surface area (Å²) in [7, 11) is 1.70. The summed E-state index contributed by atoms with van der Waals surface area (Å²) >= 11 is 3.22. The summed E-state index contributed by atoms with van der Waals surface area (Å²) in [5.41, 5.74) is 1.31. The molecule has 1 unspecified atom stereocenters. The van der Waals surface area contributed by atoms with E-state index in [0.717, 1.165) is 5.56 Å². The van der Waals surface area contributed by atoms with Gasteiger partial charge in [0, 0.05) is 13.5 Å². The van der Waals surface area contributed by atoms with E-state index in [0.29, 0.717) is 16.7 Å². The number of nitrogens with zero attached hydrogens (tertiary/aromatic N) is 3. The molecule has 0 bridgehead atoms. The second-order valence-electron chi connectivity index (χ2n) is 3.74. The molecule has 0 saturated heterocycles. The van der Waals surface area contributed by atoms with Gasteiger partial charge in [-0.05, 0) is 33.6 Å². The van der Waals surface area contributed by atoms with Gasteiger partial charge in [-0.15, -0.1) is 5.10 Å². The highest BCUT2D eigenvalue weighted by Crippen LogP contribution is 2.23. The maximum atomic E-state index is 13.0. The summed E-state index contributed by atoms with van der Waals surface area (Å²) < 4.78 is 15.0. The molecule has 2 aromatic rings. The van der Waals surface area contributed by atoms with Crippen LogP contribution in [0.4, 0.5) is 4.39 Å². The molecule has 0 aliphatic carbocycles. The van der Waals surface area contributed by atoms with Crippen molar-refractivity contribution in [2.45, 2.75) is 12.5 Å². The molecule has 0 saturated carbocycles. The molecule has 6 heteroatoms. The van der Waals surface area contributed by atoms with Gasteiger partial charge in [-0.1, -0.05) is 17.3 Å². The summed E-state index contributed by atoms with van der Waals surface area (Å²) in [4.78, 5) is 0. The summed E-state index contributed by atoms with van der Waals surface area (Å²) in [5.74, 6) is -0.308. The van der Waals surface area contributed by atoms with E-state index in [-0.39, 0.29) is 5.82 Å². The van der Waals surface area contributed by atoms with Crippen LogP contribution in [0.25, 0.3) is 0 Å². The number of aliphatic hydroxyl groups is 1. The fourth-order valence-corrected chi connectivity index (χ4v) is 2.27. The van der Waals surface area contributed by atoms with Crippen molar-refractivity contribution in [2.24, 2.45) is 7.05 Å². The first-order valence-corrected chi connectivity index (χ1v) is 5.85. The highest BCUT2D eigenvalue weighted by molar-refractivity contribution is 9.10. The van der Waals surface area contributed by atoms with Gasteiger partial charge in [0.2, 0.25) is 0 Å². The van der Waals surface area contributed by atoms with Gasteiger partial charge in [-0.25, -0.2) is 9.07 Å². The molecule has 1 heterocycles. The van der Waals surface area contributed by atoms with Gasteiger partial charge in [0.05, 0.1) is 0 Å². The van der Waals surface area contributed by atoms with E-state index in [4.69, 9.17) is 0 Å². The van der Waals surface area contributed by atoms with Crippen LogP contribution >= 0.6 is 15.9 Å². The van der Waals surface area contributed by atoms with Crippen molar-refractivity contribution in [3.63, 3.8) is 0 Å². The molecule has 0 spiro atoms. The van der Waals surface area contributed by atoms with Gasteiger partial charge < -0.3 is 5.11 Å². The number of hydrogen-bond donors (Lipinski definition) is 1. The molecule has 17 heavy (non-hydrogen) atoms. The molecule has 0 aliphatic rings. The lowest BCUT2D eigenvalue weighted by Crippen LogP contribution is -2.08. The maximum absolute atomic E-state index is 13.0. The largest absolute Gasteiger partial charge is 0.386 e. The molecule has 4 nitrogen and oxygen atoms in total. The second kappa shape index (κ2) is 4.93. The third-order valence-corrected chi connectivity index (χ3v) is 3.03. The van der Waals surface area contributed by atoms with E-state index >= 15 is 0 Å².